The molecule has 2 aliphatic heterocycles. The van der Waals surface area contributed by atoms with Crippen LogP contribution in [0.15, 0.2) is 0 Å². The lowest BCUT2D eigenvalue weighted by Gasteiger charge is -2.11. The van der Waals surface area contributed by atoms with Crippen molar-refractivity contribution in [2.24, 2.45) is 0 Å². The Morgan fingerprint density at radius 2 is 1.15 bits per heavy atom. The Kier molecular flexibility index (Phi) is 7.92. The van der Waals surface area contributed by atoms with Crippen molar-refractivity contribution in [3.05, 3.63) is 0 Å². The van der Waals surface area contributed by atoms with Gasteiger partial charge < -0.3 is 18.9 Å². The van der Waals surface area contributed by atoms with Crippen molar-refractivity contribution in [1.82, 2.24) is 0 Å². The summed E-state index contributed by atoms with van der Waals surface area (Å²) in [5.74, 6) is 1.03. The van der Waals surface area contributed by atoms with Crippen LogP contribution >= 0.6 is 23.2 Å². The van der Waals surface area contributed by atoms with E-state index >= 15 is 0 Å². The van der Waals surface area contributed by atoms with Crippen molar-refractivity contribution < 1.29 is 18.9 Å². The second-order valence-corrected chi connectivity index (χ2v) is 5.96. The Morgan fingerprint density at radius 1 is 0.700 bits per heavy atom. The zero-order valence-electron chi connectivity index (χ0n) is 11.8. The molecule has 2 aliphatic rings. The highest BCUT2D eigenvalue weighted by Gasteiger charge is 2.25. The fourth-order valence-electron chi connectivity index (χ4n) is 2.46. The first-order valence-electron chi connectivity index (χ1n) is 7.48. The van der Waals surface area contributed by atoms with Gasteiger partial charge in [-0.05, 0) is 25.7 Å². The Balaban J connectivity index is 1.41. The fraction of sp³-hybridized carbons (Fsp3) is 1.00. The lowest BCUT2D eigenvalue weighted by atomic mass is 10.1. The van der Waals surface area contributed by atoms with Crippen molar-refractivity contribution in [3.63, 3.8) is 0 Å². The van der Waals surface area contributed by atoms with E-state index in [1.807, 2.05) is 0 Å². The number of unbranched alkanes of at least 4 members (excludes halogenated alkanes) is 3. The van der Waals surface area contributed by atoms with Gasteiger partial charge in [0, 0.05) is 0 Å². The van der Waals surface area contributed by atoms with Gasteiger partial charge in [-0.1, -0.05) is 12.8 Å². The van der Waals surface area contributed by atoms with Crippen LogP contribution in [0.2, 0.25) is 0 Å². The maximum Gasteiger partial charge on any atom is 0.158 e. The second-order valence-electron chi connectivity index (χ2n) is 5.34. The van der Waals surface area contributed by atoms with Crippen LogP contribution in [0, 0.1) is 0 Å². The van der Waals surface area contributed by atoms with Gasteiger partial charge in [0.1, 0.15) is 0 Å². The van der Waals surface area contributed by atoms with Crippen LogP contribution in [0.1, 0.15) is 38.5 Å². The standard InChI is InChI=1S/C14H24Cl2O4/c15-7-11-9-17-13(19-11)5-3-1-2-4-6-14-18-10-12(8-16)20-14/h11-14H,1-10H2. The molecule has 6 heteroatoms. The van der Waals surface area contributed by atoms with Gasteiger partial charge in [0.05, 0.1) is 37.2 Å². The van der Waals surface area contributed by atoms with Gasteiger partial charge in [-0.2, -0.15) is 0 Å². The SMILES string of the molecule is ClCC1COC(CCCCCCC2OCC(CCl)O2)O1. The third-order valence-electron chi connectivity index (χ3n) is 3.60. The Labute approximate surface area is 131 Å². The lowest BCUT2D eigenvalue weighted by Crippen LogP contribution is -2.13. The molecule has 0 bridgehead atoms. The molecule has 0 aromatic carbocycles. The third kappa shape index (κ3) is 5.66. The van der Waals surface area contributed by atoms with Crippen LogP contribution in [0.3, 0.4) is 0 Å². The van der Waals surface area contributed by atoms with Crippen LogP contribution in [0.25, 0.3) is 0 Å². The third-order valence-corrected chi connectivity index (χ3v) is 4.29. The molecule has 2 heterocycles. The Morgan fingerprint density at radius 3 is 1.50 bits per heavy atom. The van der Waals surface area contributed by atoms with Gasteiger partial charge in [0.2, 0.25) is 0 Å². The maximum absolute atomic E-state index is 5.72. The van der Waals surface area contributed by atoms with Crippen molar-refractivity contribution >= 4 is 23.2 Å². The Hall–Kier alpha value is 0.420. The molecule has 4 unspecified atom stereocenters. The van der Waals surface area contributed by atoms with Crippen molar-refractivity contribution in [2.45, 2.75) is 63.3 Å². The molecule has 0 N–H and O–H groups in total. The average Bonchev–Trinajstić information content (AvgIpc) is 3.11. The summed E-state index contributed by atoms with van der Waals surface area (Å²) in [4.78, 5) is 0. The van der Waals surface area contributed by atoms with E-state index in [4.69, 9.17) is 42.1 Å². The molecule has 4 atom stereocenters. The normalized spacial score (nSPS) is 33.9. The molecule has 0 aromatic heterocycles. The summed E-state index contributed by atoms with van der Waals surface area (Å²) in [5.41, 5.74) is 0. The van der Waals surface area contributed by atoms with Crippen LogP contribution in [-0.2, 0) is 18.9 Å². The molecule has 118 valence electrons. The summed E-state index contributed by atoms with van der Waals surface area (Å²) in [6.07, 6.45) is 6.57. The van der Waals surface area contributed by atoms with E-state index in [9.17, 15) is 0 Å². The molecular weight excluding hydrogens is 303 g/mol. The van der Waals surface area contributed by atoms with E-state index in [-0.39, 0.29) is 24.8 Å². The zero-order valence-corrected chi connectivity index (χ0v) is 13.3. The highest BCUT2D eigenvalue weighted by Crippen LogP contribution is 2.21. The Bertz CT molecular complexity index is 242. The van der Waals surface area contributed by atoms with E-state index in [1.54, 1.807) is 0 Å². The van der Waals surface area contributed by atoms with E-state index in [0.717, 1.165) is 25.7 Å². The number of halogens is 2. The number of hydrogen-bond donors (Lipinski definition) is 0. The van der Waals surface area contributed by atoms with Crippen LogP contribution < -0.4 is 0 Å². The number of ether oxygens (including phenoxy) is 4. The molecule has 0 amide bonds. The minimum Gasteiger partial charge on any atom is -0.350 e. The van der Waals surface area contributed by atoms with Crippen molar-refractivity contribution in [1.29, 1.82) is 0 Å². The minimum absolute atomic E-state index is 0.0512. The van der Waals surface area contributed by atoms with Gasteiger partial charge >= 0.3 is 0 Å². The van der Waals surface area contributed by atoms with Gasteiger partial charge in [0.15, 0.2) is 12.6 Å². The fourth-order valence-corrected chi connectivity index (χ4v) is 2.78. The van der Waals surface area contributed by atoms with E-state index < -0.39 is 0 Å². The molecule has 0 saturated carbocycles. The average molecular weight is 327 g/mol. The van der Waals surface area contributed by atoms with Gasteiger partial charge in [-0.3, -0.25) is 0 Å². The summed E-state index contributed by atoms with van der Waals surface area (Å²) in [5, 5.41) is 0. The van der Waals surface area contributed by atoms with Gasteiger partial charge in [-0.25, -0.2) is 0 Å². The first kappa shape index (κ1) is 16.8. The van der Waals surface area contributed by atoms with E-state index in [2.05, 4.69) is 0 Å². The molecule has 0 aromatic rings. The predicted octanol–water partition coefficient (Wildman–Crippen LogP) is 3.29. The van der Waals surface area contributed by atoms with Crippen molar-refractivity contribution in [3.8, 4) is 0 Å². The molecule has 2 rings (SSSR count). The molecule has 20 heavy (non-hydrogen) atoms. The topological polar surface area (TPSA) is 36.9 Å². The second kappa shape index (κ2) is 9.44. The summed E-state index contributed by atoms with van der Waals surface area (Å²) in [6.45, 7) is 1.26. The number of rotatable bonds is 9. The van der Waals surface area contributed by atoms with Crippen LogP contribution in [0.5, 0.6) is 0 Å². The van der Waals surface area contributed by atoms with Gasteiger partial charge in [-0.15, -0.1) is 23.2 Å². The molecule has 0 aliphatic carbocycles. The summed E-state index contributed by atoms with van der Waals surface area (Å²) < 4.78 is 22.3. The zero-order chi connectivity index (χ0) is 14.2. The quantitative estimate of drug-likeness (QED) is 0.481. The van der Waals surface area contributed by atoms with Crippen LogP contribution in [-0.4, -0.2) is 49.8 Å². The smallest absolute Gasteiger partial charge is 0.158 e. The summed E-state index contributed by atoms with van der Waals surface area (Å²) in [6, 6.07) is 0. The summed E-state index contributed by atoms with van der Waals surface area (Å²) >= 11 is 11.4. The van der Waals surface area contributed by atoms with E-state index in [1.165, 1.54) is 12.8 Å². The first-order valence-corrected chi connectivity index (χ1v) is 8.54. The van der Waals surface area contributed by atoms with Crippen LogP contribution in [0.4, 0.5) is 0 Å². The largest absolute Gasteiger partial charge is 0.350 e. The summed E-state index contributed by atoms with van der Waals surface area (Å²) in [7, 11) is 0. The monoisotopic (exact) mass is 326 g/mol. The number of hydrogen-bond acceptors (Lipinski definition) is 4. The van der Waals surface area contributed by atoms with E-state index in [0.29, 0.717) is 25.0 Å². The predicted molar refractivity (Wildman–Crippen MR) is 78.4 cm³/mol. The van der Waals surface area contributed by atoms with Crippen molar-refractivity contribution in [2.75, 3.05) is 25.0 Å². The molecule has 0 spiro atoms. The molecular formula is C14H24Cl2O4. The highest BCUT2D eigenvalue weighted by molar-refractivity contribution is 6.18. The molecule has 2 fully saturated rings. The lowest BCUT2D eigenvalue weighted by molar-refractivity contribution is -0.0624. The molecule has 4 nitrogen and oxygen atoms in total. The molecule has 0 radical (unpaired) electrons. The number of alkyl halides is 2. The van der Waals surface area contributed by atoms with Gasteiger partial charge in [0.25, 0.3) is 0 Å². The highest BCUT2D eigenvalue weighted by atomic mass is 35.5. The minimum atomic E-state index is -0.0512. The maximum atomic E-state index is 5.72. The molecule has 2 saturated heterocycles. The first-order chi connectivity index (χ1) is 9.81.